The van der Waals surface area contributed by atoms with Crippen molar-refractivity contribution in [3.05, 3.63) is 22.7 Å². The van der Waals surface area contributed by atoms with Crippen LogP contribution in [0.25, 0.3) is 0 Å². The predicted octanol–water partition coefficient (Wildman–Crippen LogP) is 3.39. The number of anilines is 1. The van der Waals surface area contributed by atoms with Crippen molar-refractivity contribution in [3.8, 4) is 0 Å². The number of hydrogen-bond acceptors (Lipinski definition) is 10. The van der Waals surface area contributed by atoms with Gasteiger partial charge in [0.1, 0.15) is 18.0 Å². The lowest BCUT2D eigenvalue weighted by atomic mass is 10.00. The summed E-state index contributed by atoms with van der Waals surface area (Å²) in [6.45, 7) is 12.4. The Bertz CT molecular complexity index is 939. The van der Waals surface area contributed by atoms with E-state index in [1.54, 1.807) is 7.11 Å². The van der Waals surface area contributed by atoms with Crippen LogP contribution in [-0.2, 0) is 32.8 Å². The number of methoxy groups -OCH3 is 1. The third-order valence-corrected chi connectivity index (χ3v) is 7.25. The van der Waals surface area contributed by atoms with E-state index in [0.717, 1.165) is 0 Å². The molecule has 1 fully saturated rings. The molecule has 1 aliphatic heterocycles. The van der Waals surface area contributed by atoms with E-state index in [-0.39, 0.29) is 37.4 Å². The Morgan fingerprint density at radius 1 is 1.24 bits per heavy atom. The number of hydrogen-bond donors (Lipinski definition) is 1. The van der Waals surface area contributed by atoms with Gasteiger partial charge in [-0.05, 0) is 18.4 Å². The van der Waals surface area contributed by atoms with Crippen molar-refractivity contribution in [2.45, 2.75) is 72.5 Å². The van der Waals surface area contributed by atoms with Crippen LogP contribution in [0.2, 0.25) is 0 Å². The zero-order valence-electron chi connectivity index (χ0n) is 22.6. The Morgan fingerprint density at radius 3 is 2.57 bits per heavy atom. The van der Waals surface area contributed by atoms with Crippen molar-refractivity contribution in [1.82, 2.24) is 9.55 Å². The van der Waals surface area contributed by atoms with Gasteiger partial charge in [0.15, 0.2) is 20.4 Å². The molecule has 5 unspecified atom stereocenters. The zero-order valence-corrected chi connectivity index (χ0v) is 24.5. The highest BCUT2D eigenvalue weighted by molar-refractivity contribution is 8.13. The van der Waals surface area contributed by atoms with Crippen LogP contribution in [0.3, 0.4) is 0 Å². The smallest absolute Gasteiger partial charge is 0.351 e. The zero-order chi connectivity index (χ0) is 27.6. The molecule has 0 saturated carbocycles. The molecule has 0 aliphatic carbocycles. The average molecular weight is 562 g/mol. The molecular weight excluding hydrogens is 521 g/mol. The summed E-state index contributed by atoms with van der Waals surface area (Å²) in [5, 5.41) is 2.64. The summed E-state index contributed by atoms with van der Waals surface area (Å²) in [5.41, 5.74) is -0.927. The second kappa shape index (κ2) is 15.3. The van der Waals surface area contributed by atoms with E-state index in [4.69, 9.17) is 23.3 Å². The fraction of sp³-hybridized carbons (Fsp3) is 0.750. The Morgan fingerprint density at radius 2 is 1.97 bits per heavy atom. The Kier molecular flexibility index (Phi) is 13.1. The van der Waals surface area contributed by atoms with E-state index in [1.165, 1.54) is 35.5 Å². The molecule has 1 N–H and O–H groups in total. The van der Waals surface area contributed by atoms with Crippen LogP contribution in [0.5, 0.6) is 0 Å². The molecule has 11 nitrogen and oxygen atoms in total. The van der Waals surface area contributed by atoms with Crippen LogP contribution in [0.15, 0.2) is 17.1 Å². The maximum absolute atomic E-state index is 12.7. The number of nitrogens with zero attached hydrogens (tertiary/aromatic N) is 2. The second-order valence-electron chi connectivity index (χ2n) is 10.1. The lowest BCUT2D eigenvalue weighted by Crippen LogP contribution is -2.37. The molecule has 1 aromatic rings. The number of aromatic nitrogens is 2. The molecule has 0 spiro atoms. The fourth-order valence-electron chi connectivity index (χ4n) is 3.58. The Hall–Kier alpha value is -1.40. The van der Waals surface area contributed by atoms with Gasteiger partial charge in [-0.25, -0.2) is 4.79 Å². The lowest BCUT2D eigenvalue weighted by molar-refractivity contribution is -0.117. The van der Waals surface area contributed by atoms with Gasteiger partial charge >= 0.3 is 5.69 Å². The molecule has 1 aliphatic rings. The number of thioether (sulfide) groups is 1. The summed E-state index contributed by atoms with van der Waals surface area (Å²) >= 11 is 1.28. The largest absolute Gasteiger partial charge is 0.378 e. The number of carbonyl (C=O) groups is 2. The maximum atomic E-state index is 12.7. The molecular formula is C24H40N3O8PS. The van der Waals surface area contributed by atoms with E-state index in [9.17, 15) is 14.4 Å². The van der Waals surface area contributed by atoms with Crippen LogP contribution in [-0.4, -0.2) is 71.6 Å². The third-order valence-electron chi connectivity index (χ3n) is 5.32. The minimum Gasteiger partial charge on any atom is -0.378 e. The highest BCUT2D eigenvalue weighted by Crippen LogP contribution is 2.38. The number of carbonyl (C=O) groups excluding carboxylic acids is 2. The average Bonchev–Trinajstić information content (AvgIpc) is 3.12. The van der Waals surface area contributed by atoms with Crippen LogP contribution in [0.4, 0.5) is 5.82 Å². The highest BCUT2D eigenvalue weighted by Gasteiger charge is 2.47. The molecule has 2 heterocycles. The van der Waals surface area contributed by atoms with Crippen molar-refractivity contribution in [1.29, 1.82) is 0 Å². The summed E-state index contributed by atoms with van der Waals surface area (Å²) in [7, 11) is 1.27. The van der Waals surface area contributed by atoms with E-state index in [1.807, 2.05) is 20.8 Å². The van der Waals surface area contributed by atoms with Gasteiger partial charge in [-0.3, -0.25) is 14.2 Å². The molecule has 0 radical (unpaired) electrons. The summed E-state index contributed by atoms with van der Waals surface area (Å²) in [6.07, 6.45) is 0.132. The number of amides is 1. The standard InChI is InChI=1S/C24H40N3O8PS/c1-15(2)14-17-19(35-36-33-11-10-32-12-13-37-22(29)24(4,5)6)20(31-7)21(34-17)27-9-8-18(25-16(3)28)26-23(27)30/h8-9,15,17,19-21,36H,10-14H2,1-7H3,(H,25,26,28,30). The molecule has 1 amide bonds. The minimum atomic E-state index is -0.744. The monoisotopic (exact) mass is 561 g/mol. The van der Waals surface area contributed by atoms with Gasteiger partial charge in [0, 0.05) is 31.4 Å². The normalized spacial score (nSPS) is 22.3. The molecule has 5 atom stereocenters. The Labute approximate surface area is 224 Å². The van der Waals surface area contributed by atoms with Crippen molar-refractivity contribution < 1.29 is 32.8 Å². The molecule has 13 heteroatoms. The van der Waals surface area contributed by atoms with E-state index >= 15 is 0 Å². The van der Waals surface area contributed by atoms with Gasteiger partial charge in [-0.1, -0.05) is 46.4 Å². The van der Waals surface area contributed by atoms with E-state index < -0.39 is 24.1 Å². The van der Waals surface area contributed by atoms with Gasteiger partial charge in [-0.2, -0.15) is 4.98 Å². The number of rotatable bonds is 14. The van der Waals surface area contributed by atoms with Gasteiger partial charge in [0.05, 0.1) is 25.9 Å². The predicted molar refractivity (Wildman–Crippen MR) is 144 cm³/mol. The third kappa shape index (κ3) is 10.4. The fourth-order valence-corrected chi connectivity index (χ4v) is 5.03. The summed E-state index contributed by atoms with van der Waals surface area (Å²) in [4.78, 5) is 39.8. The summed E-state index contributed by atoms with van der Waals surface area (Å²) < 4.78 is 30.5. The van der Waals surface area contributed by atoms with E-state index in [2.05, 4.69) is 24.1 Å². The molecule has 37 heavy (non-hydrogen) atoms. The van der Waals surface area contributed by atoms with Crippen LogP contribution in [0, 0.1) is 11.3 Å². The van der Waals surface area contributed by atoms with Crippen LogP contribution >= 0.6 is 20.8 Å². The first-order valence-electron chi connectivity index (χ1n) is 12.3. The Balaban J connectivity index is 1.88. The topological polar surface area (TPSA) is 127 Å². The first-order chi connectivity index (χ1) is 17.4. The molecule has 1 saturated heterocycles. The van der Waals surface area contributed by atoms with Crippen LogP contribution < -0.4 is 11.0 Å². The number of ether oxygens (including phenoxy) is 3. The number of nitrogens with one attached hydrogen (secondary N) is 1. The molecule has 2 rings (SSSR count). The van der Waals surface area contributed by atoms with Gasteiger partial charge < -0.3 is 28.6 Å². The molecule has 1 aromatic heterocycles. The maximum Gasteiger partial charge on any atom is 0.351 e. The SMILES string of the molecule is COC1C(OPOCCOCCSC(=O)C(C)(C)C)C(CC(C)C)OC1n1ccc(NC(C)=O)nc1=O. The quantitative estimate of drug-likeness (QED) is 0.267. The molecule has 210 valence electrons. The second-order valence-corrected chi connectivity index (χ2v) is 11.9. The first kappa shape index (κ1) is 31.8. The van der Waals surface area contributed by atoms with Crippen LogP contribution in [0.1, 0.15) is 54.2 Å². The van der Waals surface area contributed by atoms with Gasteiger partial charge in [0.2, 0.25) is 5.91 Å². The van der Waals surface area contributed by atoms with Crippen molar-refractivity contribution in [3.63, 3.8) is 0 Å². The lowest BCUT2D eigenvalue weighted by Gasteiger charge is -2.23. The molecule has 0 bridgehead atoms. The van der Waals surface area contributed by atoms with Crippen molar-refractivity contribution in [2.24, 2.45) is 11.3 Å². The highest BCUT2D eigenvalue weighted by atomic mass is 32.2. The first-order valence-corrected chi connectivity index (χ1v) is 14.1. The van der Waals surface area contributed by atoms with Crippen molar-refractivity contribution >= 4 is 37.6 Å². The summed E-state index contributed by atoms with van der Waals surface area (Å²) in [6, 6.07) is 1.53. The van der Waals surface area contributed by atoms with E-state index in [0.29, 0.717) is 37.9 Å². The molecule has 0 aromatic carbocycles. The van der Waals surface area contributed by atoms with Gasteiger partial charge in [0.25, 0.3) is 0 Å². The van der Waals surface area contributed by atoms with Crippen molar-refractivity contribution in [2.75, 3.05) is 38.0 Å². The summed E-state index contributed by atoms with van der Waals surface area (Å²) in [5.74, 6) is 0.777. The minimum absolute atomic E-state index is 0.143. The van der Waals surface area contributed by atoms with Gasteiger partial charge in [-0.15, -0.1) is 0 Å².